The minimum absolute atomic E-state index is 0.241. The number of rotatable bonds is 5. The second-order valence-electron chi connectivity index (χ2n) is 5.47. The minimum atomic E-state index is 0.241. The Morgan fingerprint density at radius 3 is 2.55 bits per heavy atom. The van der Waals surface area contributed by atoms with Crippen LogP contribution in [0.1, 0.15) is 39.7 Å². The van der Waals surface area contributed by atoms with Crippen molar-refractivity contribution in [3.05, 3.63) is 11.9 Å². The lowest BCUT2D eigenvalue weighted by molar-refractivity contribution is -0.00550. The van der Waals surface area contributed by atoms with Gasteiger partial charge in [-0.2, -0.15) is 0 Å². The second-order valence-corrected chi connectivity index (χ2v) is 5.47. The second kappa shape index (κ2) is 6.88. The van der Waals surface area contributed by atoms with Gasteiger partial charge in [0.05, 0.1) is 12.2 Å². The Kier molecular flexibility index (Phi) is 5.17. The SMILES string of the molecule is CCCNc1ncnc(N2CC(C)OC(C)C2)c1CC. The van der Waals surface area contributed by atoms with E-state index < -0.39 is 0 Å². The summed E-state index contributed by atoms with van der Waals surface area (Å²) < 4.78 is 5.81. The molecule has 112 valence electrons. The van der Waals surface area contributed by atoms with Crippen molar-refractivity contribution in [1.29, 1.82) is 0 Å². The van der Waals surface area contributed by atoms with Gasteiger partial charge in [-0.1, -0.05) is 13.8 Å². The van der Waals surface area contributed by atoms with Crippen LogP contribution in [0.25, 0.3) is 0 Å². The van der Waals surface area contributed by atoms with Crippen molar-refractivity contribution >= 4 is 11.6 Å². The van der Waals surface area contributed by atoms with Crippen LogP contribution < -0.4 is 10.2 Å². The average molecular weight is 278 g/mol. The molecule has 2 rings (SSSR count). The highest BCUT2D eigenvalue weighted by molar-refractivity contribution is 5.59. The molecule has 0 aromatic carbocycles. The van der Waals surface area contributed by atoms with E-state index in [4.69, 9.17) is 4.74 Å². The molecule has 2 atom stereocenters. The van der Waals surface area contributed by atoms with Gasteiger partial charge in [0.2, 0.25) is 0 Å². The Morgan fingerprint density at radius 1 is 1.25 bits per heavy atom. The van der Waals surface area contributed by atoms with Crippen molar-refractivity contribution in [3.8, 4) is 0 Å². The summed E-state index contributed by atoms with van der Waals surface area (Å²) >= 11 is 0. The van der Waals surface area contributed by atoms with Crippen molar-refractivity contribution in [1.82, 2.24) is 9.97 Å². The lowest BCUT2D eigenvalue weighted by Gasteiger charge is -2.37. The van der Waals surface area contributed by atoms with Crippen LogP contribution in [0.2, 0.25) is 0 Å². The van der Waals surface area contributed by atoms with Crippen molar-refractivity contribution in [3.63, 3.8) is 0 Å². The molecule has 1 aromatic heterocycles. The number of ether oxygens (including phenoxy) is 1. The van der Waals surface area contributed by atoms with Crippen LogP contribution in [-0.2, 0) is 11.2 Å². The van der Waals surface area contributed by atoms with E-state index in [-0.39, 0.29) is 12.2 Å². The van der Waals surface area contributed by atoms with Gasteiger partial charge in [-0.05, 0) is 26.7 Å². The monoisotopic (exact) mass is 278 g/mol. The molecule has 2 heterocycles. The molecule has 0 radical (unpaired) electrons. The van der Waals surface area contributed by atoms with Crippen LogP contribution in [0, 0.1) is 0 Å². The summed E-state index contributed by atoms with van der Waals surface area (Å²) in [7, 11) is 0. The Bertz CT molecular complexity index is 428. The molecule has 0 aliphatic carbocycles. The highest BCUT2D eigenvalue weighted by Gasteiger charge is 2.25. The molecule has 0 saturated carbocycles. The van der Waals surface area contributed by atoms with Crippen LogP contribution in [0.5, 0.6) is 0 Å². The van der Waals surface area contributed by atoms with Gasteiger partial charge in [-0.15, -0.1) is 0 Å². The molecule has 1 fully saturated rings. The molecule has 2 unspecified atom stereocenters. The average Bonchev–Trinajstić information content (AvgIpc) is 2.43. The van der Waals surface area contributed by atoms with Crippen LogP contribution in [-0.4, -0.2) is 41.8 Å². The summed E-state index contributed by atoms with van der Waals surface area (Å²) in [6.45, 7) is 11.3. The van der Waals surface area contributed by atoms with E-state index in [0.29, 0.717) is 0 Å². The molecular weight excluding hydrogens is 252 g/mol. The van der Waals surface area contributed by atoms with Crippen molar-refractivity contribution in [2.45, 2.75) is 52.7 Å². The topological polar surface area (TPSA) is 50.3 Å². The van der Waals surface area contributed by atoms with E-state index >= 15 is 0 Å². The third-order valence-electron chi connectivity index (χ3n) is 3.54. The molecule has 1 aliphatic heterocycles. The van der Waals surface area contributed by atoms with E-state index in [1.54, 1.807) is 6.33 Å². The molecule has 20 heavy (non-hydrogen) atoms. The Morgan fingerprint density at radius 2 is 1.95 bits per heavy atom. The molecule has 1 aromatic rings. The molecular formula is C15H26N4O. The van der Waals surface area contributed by atoms with Gasteiger partial charge < -0.3 is 15.0 Å². The Hall–Kier alpha value is -1.36. The van der Waals surface area contributed by atoms with Crippen LogP contribution in [0.4, 0.5) is 11.6 Å². The number of nitrogens with one attached hydrogen (secondary N) is 1. The summed E-state index contributed by atoms with van der Waals surface area (Å²) in [5.74, 6) is 2.04. The number of anilines is 2. The maximum Gasteiger partial charge on any atom is 0.137 e. The number of nitrogens with zero attached hydrogens (tertiary/aromatic N) is 3. The first-order valence-corrected chi connectivity index (χ1v) is 7.63. The zero-order valence-corrected chi connectivity index (χ0v) is 13.0. The standard InChI is InChI=1S/C15H26N4O/c1-5-7-16-14-13(6-2)15(18-10-17-14)19-8-11(3)20-12(4)9-19/h10-12H,5-9H2,1-4H3,(H,16,17,18). The number of aromatic nitrogens is 2. The van der Waals surface area contributed by atoms with E-state index in [1.807, 2.05) is 0 Å². The third-order valence-corrected chi connectivity index (χ3v) is 3.54. The molecule has 0 amide bonds. The summed E-state index contributed by atoms with van der Waals surface area (Å²) in [5.41, 5.74) is 1.21. The van der Waals surface area contributed by atoms with Crippen molar-refractivity contribution < 1.29 is 4.74 Å². The predicted molar refractivity (Wildman–Crippen MR) is 82.4 cm³/mol. The summed E-state index contributed by atoms with van der Waals surface area (Å²) in [6.07, 6.45) is 4.17. The van der Waals surface area contributed by atoms with Gasteiger partial charge in [0.1, 0.15) is 18.0 Å². The Labute approximate surface area is 121 Å². The first kappa shape index (κ1) is 15.0. The molecule has 0 spiro atoms. The lowest BCUT2D eigenvalue weighted by atomic mass is 10.1. The largest absolute Gasteiger partial charge is 0.372 e. The maximum atomic E-state index is 5.81. The van der Waals surface area contributed by atoms with Crippen LogP contribution in [0.15, 0.2) is 6.33 Å². The zero-order valence-electron chi connectivity index (χ0n) is 13.0. The van der Waals surface area contributed by atoms with Gasteiger partial charge in [-0.25, -0.2) is 9.97 Å². The number of hydrogen-bond acceptors (Lipinski definition) is 5. The van der Waals surface area contributed by atoms with Gasteiger partial charge in [0.15, 0.2) is 0 Å². The third kappa shape index (κ3) is 3.39. The fraction of sp³-hybridized carbons (Fsp3) is 0.733. The van der Waals surface area contributed by atoms with Crippen molar-refractivity contribution in [2.24, 2.45) is 0 Å². The van der Waals surface area contributed by atoms with E-state index in [2.05, 4.69) is 47.9 Å². The fourth-order valence-corrected chi connectivity index (χ4v) is 2.75. The fourth-order valence-electron chi connectivity index (χ4n) is 2.75. The zero-order chi connectivity index (χ0) is 14.5. The van der Waals surface area contributed by atoms with E-state index in [9.17, 15) is 0 Å². The van der Waals surface area contributed by atoms with Gasteiger partial charge in [0, 0.05) is 25.2 Å². The van der Waals surface area contributed by atoms with E-state index in [1.165, 1.54) is 5.56 Å². The van der Waals surface area contributed by atoms with Crippen molar-refractivity contribution in [2.75, 3.05) is 29.9 Å². The van der Waals surface area contributed by atoms with Gasteiger partial charge in [0.25, 0.3) is 0 Å². The first-order valence-electron chi connectivity index (χ1n) is 7.63. The van der Waals surface area contributed by atoms with Crippen LogP contribution in [0.3, 0.4) is 0 Å². The van der Waals surface area contributed by atoms with Gasteiger partial charge >= 0.3 is 0 Å². The lowest BCUT2D eigenvalue weighted by Crippen LogP contribution is -2.46. The molecule has 5 nitrogen and oxygen atoms in total. The smallest absolute Gasteiger partial charge is 0.137 e. The van der Waals surface area contributed by atoms with E-state index in [0.717, 1.165) is 44.1 Å². The predicted octanol–water partition coefficient (Wildman–Crippen LogP) is 2.47. The molecule has 1 saturated heterocycles. The highest BCUT2D eigenvalue weighted by Crippen LogP contribution is 2.26. The molecule has 5 heteroatoms. The van der Waals surface area contributed by atoms with Crippen LogP contribution >= 0.6 is 0 Å². The molecule has 0 bridgehead atoms. The summed E-state index contributed by atoms with van der Waals surface area (Å²) in [4.78, 5) is 11.3. The maximum absolute atomic E-state index is 5.81. The Balaban J connectivity index is 2.25. The van der Waals surface area contributed by atoms with Gasteiger partial charge in [-0.3, -0.25) is 0 Å². The normalized spacial score (nSPS) is 22.9. The summed E-state index contributed by atoms with van der Waals surface area (Å²) in [5, 5.41) is 3.41. The summed E-state index contributed by atoms with van der Waals surface area (Å²) in [6, 6.07) is 0. The molecule has 1 aliphatic rings. The first-order chi connectivity index (χ1) is 9.65. The number of morpholine rings is 1. The minimum Gasteiger partial charge on any atom is -0.372 e. The molecule has 1 N–H and O–H groups in total. The highest BCUT2D eigenvalue weighted by atomic mass is 16.5. The number of hydrogen-bond donors (Lipinski definition) is 1. The quantitative estimate of drug-likeness (QED) is 0.896.